The lowest BCUT2D eigenvalue weighted by Crippen LogP contribution is -2.06. The smallest absolute Gasteiger partial charge is 0.238 e. The average molecular weight is 748 g/mol. The fraction of sp³-hybridized carbons (Fsp3) is 0. The zero-order chi connectivity index (χ0) is 37.5. The van der Waals surface area contributed by atoms with Gasteiger partial charge in [-0.05, 0) is 53.6 Å². The lowest BCUT2D eigenvalue weighted by molar-refractivity contribution is 0.953. The number of benzene rings is 7. The molecule has 12 aromatic rings. The number of hydrogen-bond donors (Lipinski definition) is 0. The molecule has 266 valence electrons. The third kappa shape index (κ3) is 5.01. The summed E-state index contributed by atoms with van der Waals surface area (Å²) in [7, 11) is 0. The van der Waals surface area contributed by atoms with Gasteiger partial charge in [-0.2, -0.15) is 9.97 Å². The molecule has 0 N–H and O–H groups in total. The first-order valence-corrected chi connectivity index (χ1v) is 19.7. The van der Waals surface area contributed by atoms with Crippen molar-refractivity contribution < 1.29 is 0 Å². The molecule has 5 aromatic heterocycles. The molecule has 0 radical (unpaired) electrons. The molecule has 57 heavy (non-hydrogen) atoms. The second-order valence-electron chi connectivity index (χ2n) is 14.2. The molecule has 0 atom stereocenters. The van der Waals surface area contributed by atoms with Crippen molar-refractivity contribution in [3.8, 4) is 45.8 Å². The summed E-state index contributed by atoms with van der Waals surface area (Å²) in [6, 6.07) is 59.0. The number of hydrogen-bond acceptors (Lipinski definition) is 6. The molecule has 0 bridgehead atoms. The summed E-state index contributed by atoms with van der Waals surface area (Å²) in [5, 5.41) is 6.85. The van der Waals surface area contributed by atoms with Crippen LogP contribution in [-0.4, -0.2) is 34.1 Å². The van der Waals surface area contributed by atoms with Crippen molar-refractivity contribution in [2.24, 2.45) is 0 Å². The first-order valence-electron chi connectivity index (χ1n) is 18.8. The maximum atomic E-state index is 5.17. The standard InChI is InChI=1S/C49H29N7S/c1-3-13-30(14-4-1)45-51-46(31-15-5-2-6-16-31)53-49(52-45)56-42-22-12-9-19-36(42)37-27-32(23-25-43(37)56)33-24-26-44-38(28-33)39-29-50-48(54-47(39)57-44)55-40-20-10-7-17-34(40)35-18-8-11-21-41(35)55/h1-29H. The molecule has 0 aliphatic carbocycles. The summed E-state index contributed by atoms with van der Waals surface area (Å²) in [6.45, 7) is 0. The Labute approximate surface area is 329 Å². The monoisotopic (exact) mass is 747 g/mol. The molecule has 0 saturated heterocycles. The number of aromatic nitrogens is 7. The van der Waals surface area contributed by atoms with E-state index in [9.17, 15) is 0 Å². The molecule has 7 nitrogen and oxygen atoms in total. The van der Waals surface area contributed by atoms with Crippen molar-refractivity contribution in [1.82, 2.24) is 34.1 Å². The van der Waals surface area contributed by atoms with Crippen LogP contribution >= 0.6 is 11.3 Å². The summed E-state index contributed by atoms with van der Waals surface area (Å²) in [5.41, 5.74) is 8.38. The molecule has 5 heterocycles. The predicted molar refractivity (Wildman–Crippen MR) is 233 cm³/mol. The van der Waals surface area contributed by atoms with Gasteiger partial charge in [0.05, 0.1) is 22.1 Å². The van der Waals surface area contributed by atoms with Gasteiger partial charge in [0.2, 0.25) is 11.9 Å². The third-order valence-corrected chi connectivity index (χ3v) is 12.0. The summed E-state index contributed by atoms with van der Waals surface area (Å²) < 4.78 is 5.52. The van der Waals surface area contributed by atoms with E-state index in [4.69, 9.17) is 24.9 Å². The van der Waals surface area contributed by atoms with Crippen LogP contribution in [0.5, 0.6) is 0 Å². The second kappa shape index (κ2) is 12.5. The maximum absolute atomic E-state index is 5.17. The van der Waals surface area contributed by atoms with Gasteiger partial charge in [0.1, 0.15) is 4.83 Å². The van der Waals surface area contributed by atoms with E-state index in [0.29, 0.717) is 23.5 Å². The lowest BCUT2D eigenvalue weighted by Gasteiger charge is -2.11. The van der Waals surface area contributed by atoms with Crippen LogP contribution in [0.3, 0.4) is 0 Å². The first kappa shape index (κ1) is 31.8. The predicted octanol–water partition coefficient (Wildman–Crippen LogP) is 12.2. The quantitative estimate of drug-likeness (QED) is 0.175. The molecule has 8 heteroatoms. The highest BCUT2D eigenvalue weighted by Gasteiger charge is 2.20. The van der Waals surface area contributed by atoms with E-state index in [1.165, 1.54) is 15.5 Å². The van der Waals surface area contributed by atoms with Crippen LogP contribution in [0.1, 0.15) is 0 Å². The Hall–Kier alpha value is -7.55. The Morgan fingerprint density at radius 1 is 0.351 bits per heavy atom. The minimum Gasteiger partial charge on any atom is -0.278 e. The number of para-hydroxylation sites is 3. The molecule has 0 fully saturated rings. The molecule has 0 amide bonds. The Bertz CT molecular complexity index is 3420. The van der Waals surface area contributed by atoms with E-state index >= 15 is 0 Å². The summed E-state index contributed by atoms with van der Waals surface area (Å²) in [6.07, 6.45) is 1.99. The second-order valence-corrected chi connectivity index (χ2v) is 15.2. The minimum atomic E-state index is 0.577. The zero-order valence-corrected chi connectivity index (χ0v) is 31.1. The van der Waals surface area contributed by atoms with Crippen molar-refractivity contribution in [3.63, 3.8) is 0 Å². The van der Waals surface area contributed by atoms with Gasteiger partial charge in [0.15, 0.2) is 11.6 Å². The van der Waals surface area contributed by atoms with Crippen molar-refractivity contribution >= 4 is 75.3 Å². The molecule has 12 rings (SSSR count). The van der Waals surface area contributed by atoms with E-state index in [1.807, 2.05) is 66.9 Å². The third-order valence-electron chi connectivity index (χ3n) is 10.9. The Balaban J connectivity index is 0.993. The number of thiophene rings is 1. The SMILES string of the molecule is c1ccc(-c2nc(-c3ccccc3)nc(-n3c4ccccc4c4cc(-c5ccc6sc7nc(-n8c9ccccc9c9ccccc98)ncc7c6c5)ccc43)n2)cc1. The van der Waals surface area contributed by atoms with Gasteiger partial charge in [-0.25, -0.2) is 15.0 Å². The van der Waals surface area contributed by atoms with Crippen LogP contribution in [0.25, 0.3) is 110 Å². The molecular weight excluding hydrogens is 719 g/mol. The van der Waals surface area contributed by atoms with Crippen LogP contribution < -0.4 is 0 Å². The summed E-state index contributed by atoms with van der Waals surface area (Å²) in [5.74, 6) is 2.51. The lowest BCUT2D eigenvalue weighted by atomic mass is 10.0. The topological polar surface area (TPSA) is 74.3 Å². The van der Waals surface area contributed by atoms with Gasteiger partial charge < -0.3 is 0 Å². The van der Waals surface area contributed by atoms with E-state index in [-0.39, 0.29) is 0 Å². The van der Waals surface area contributed by atoms with Crippen LogP contribution in [-0.2, 0) is 0 Å². The highest BCUT2D eigenvalue weighted by molar-refractivity contribution is 7.25. The van der Waals surface area contributed by atoms with Crippen molar-refractivity contribution in [1.29, 1.82) is 0 Å². The van der Waals surface area contributed by atoms with Crippen LogP contribution in [0.2, 0.25) is 0 Å². The zero-order valence-electron chi connectivity index (χ0n) is 30.3. The van der Waals surface area contributed by atoms with Crippen molar-refractivity contribution in [2.75, 3.05) is 0 Å². The largest absolute Gasteiger partial charge is 0.278 e. The van der Waals surface area contributed by atoms with Gasteiger partial charge in [0.25, 0.3) is 0 Å². The fourth-order valence-electron chi connectivity index (χ4n) is 8.24. The van der Waals surface area contributed by atoms with E-state index < -0.39 is 0 Å². The van der Waals surface area contributed by atoms with Crippen LogP contribution in [0.15, 0.2) is 176 Å². The first-order chi connectivity index (χ1) is 28.2. The molecule has 0 saturated carbocycles. The maximum Gasteiger partial charge on any atom is 0.238 e. The number of nitrogens with zero attached hydrogens (tertiary/aromatic N) is 7. The van der Waals surface area contributed by atoms with Gasteiger partial charge in [-0.3, -0.25) is 9.13 Å². The summed E-state index contributed by atoms with van der Waals surface area (Å²) >= 11 is 1.71. The Morgan fingerprint density at radius 3 is 1.46 bits per heavy atom. The highest BCUT2D eigenvalue weighted by Crippen LogP contribution is 2.39. The molecule has 7 aromatic carbocycles. The summed E-state index contributed by atoms with van der Waals surface area (Å²) in [4.78, 5) is 26.2. The average Bonchev–Trinajstić information content (AvgIpc) is 3.93. The van der Waals surface area contributed by atoms with E-state index in [2.05, 4.69) is 118 Å². The van der Waals surface area contributed by atoms with Crippen LogP contribution in [0, 0.1) is 0 Å². The fourth-order valence-corrected chi connectivity index (χ4v) is 9.27. The molecular formula is C49H29N7S. The Morgan fingerprint density at radius 2 is 0.842 bits per heavy atom. The number of fused-ring (bicyclic) bond motifs is 9. The van der Waals surface area contributed by atoms with Crippen molar-refractivity contribution in [3.05, 3.63) is 176 Å². The molecule has 0 unspecified atom stereocenters. The van der Waals surface area contributed by atoms with Crippen LogP contribution in [0.4, 0.5) is 0 Å². The van der Waals surface area contributed by atoms with Crippen molar-refractivity contribution in [2.45, 2.75) is 0 Å². The molecule has 0 aliphatic heterocycles. The molecule has 0 spiro atoms. The van der Waals surface area contributed by atoms with Gasteiger partial charge >= 0.3 is 0 Å². The number of rotatable bonds is 5. The van der Waals surface area contributed by atoms with E-state index in [1.54, 1.807) is 11.3 Å². The highest BCUT2D eigenvalue weighted by atomic mass is 32.1. The normalized spacial score (nSPS) is 11.9. The van der Waals surface area contributed by atoms with Gasteiger partial charge in [-0.15, -0.1) is 11.3 Å². The Kier molecular flexibility index (Phi) is 6.96. The molecule has 0 aliphatic rings. The minimum absolute atomic E-state index is 0.577. The van der Waals surface area contributed by atoms with Gasteiger partial charge in [0, 0.05) is 54.3 Å². The van der Waals surface area contributed by atoms with E-state index in [0.717, 1.165) is 70.7 Å². The van der Waals surface area contributed by atoms with Gasteiger partial charge in [-0.1, -0.05) is 127 Å².